The van der Waals surface area contributed by atoms with E-state index in [1.807, 2.05) is 41.0 Å². The summed E-state index contributed by atoms with van der Waals surface area (Å²) in [7, 11) is 0. The summed E-state index contributed by atoms with van der Waals surface area (Å²) < 4.78 is 15.0. The van der Waals surface area contributed by atoms with Gasteiger partial charge in [-0.15, -0.1) is 21.5 Å². The zero-order valence-corrected chi connectivity index (χ0v) is 21.0. The summed E-state index contributed by atoms with van der Waals surface area (Å²) in [6, 6.07) is 17.2. The Bertz CT molecular complexity index is 1490. The Morgan fingerprint density at radius 1 is 1.08 bits per heavy atom. The average molecular weight is 537 g/mol. The molecule has 180 valence electrons. The number of nitrogens with zero attached hydrogens (tertiary/aromatic N) is 5. The van der Waals surface area contributed by atoms with E-state index in [9.17, 15) is 9.18 Å². The van der Waals surface area contributed by atoms with Gasteiger partial charge in [-0.1, -0.05) is 41.6 Å². The lowest BCUT2D eigenvalue weighted by molar-refractivity contribution is 0.0946. The van der Waals surface area contributed by atoms with Gasteiger partial charge in [-0.25, -0.2) is 9.37 Å². The monoisotopic (exact) mass is 536 g/mol. The second-order valence-electron chi connectivity index (χ2n) is 7.58. The Morgan fingerprint density at radius 2 is 1.89 bits per heavy atom. The molecule has 3 aromatic heterocycles. The Morgan fingerprint density at radius 3 is 2.67 bits per heavy atom. The minimum atomic E-state index is -0.314. The average Bonchev–Trinajstić information content (AvgIpc) is 3.55. The summed E-state index contributed by atoms with van der Waals surface area (Å²) in [5.41, 5.74) is 2.85. The zero-order valence-electron chi connectivity index (χ0n) is 18.6. The predicted octanol–water partition coefficient (Wildman–Crippen LogP) is 5.80. The van der Waals surface area contributed by atoms with Gasteiger partial charge in [0.25, 0.3) is 5.91 Å². The number of hydrogen-bond donors (Lipinski definition) is 1. The third-order valence-corrected chi connectivity index (χ3v) is 7.32. The van der Waals surface area contributed by atoms with E-state index in [1.54, 1.807) is 29.9 Å². The Balaban J connectivity index is 1.31. The van der Waals surface area contributed by atoms with Gasteiger partial charge in [-0.2, -0.15) is 0 Å². The Labute approximate surface area is 219 Å². The van der Waals surface area contributed by atoms with Crippen LogP contribution in [0.15, 0.2) is 83.6 Å². The van der Waals surface area contributed by atoms with Crippen LogP contribution in [0.2, 0.25) is 5.02 Å². The first kappa shape index (κ1) is 24.1. The second-order valence-corrected chi connectivity index (χ2v) is 9.90. The first-order chi connectivity index (χ1) is 17.6. The highest BCUT2D eigenvalue weighted by Crippen LogP contribution is 2.31. The highest BCUT2D eigenvalue weighted by Gasteiger charge is 2.18. The number of rotatable bonds is 8. The van der Waals surface area contributed by atoms with E-state index >= 15 is 0 Å². The van der Waals surface area contributed by atoms with Gasteiger partial charge in [0.15, 0.2) is 11.0 Å². The van der Waals surface area contributed by atoms with Crippen LogP contribution in [0.3, 0.4) is 0 Å². The summed E-state index contributed by atoms with van der Waals surface area (Å²) in [6.07, 6.45) is 3.41. The molecule has 0 spiro atoms. The minimum absolute atomic E-state index is 0.283. The van der Waals surface area contributed by atoms with Gasteiger partial charge in [0, 0.05) is 34.9 Å². The number of benzene rings is 2. The standard InChI is InChI=1S/C25H18ClFN6OS2/c26-18-2-1-3-20(12-18)33-23(17-8-10-28-11-9-17)31-32-25(33)36-15-22-30-21(14-35-22)24(34)29-13-16-4-6-19(27)7-5-16/h1-12,14H,13,15H2,(H,29,34). The smallest absolute Gasteiger partial charge is 0.271 e. The van der Waals surface area contributed by atoms with Crippen molar-refractivity contribution in [2.75, 3.05) is 0 Å². The molecule has 0 unspecified atom stereocenters. The fourth-order valence-electron chi connectivity index (χ4n) is 3.38. The predicted molar refractivity (Wildman–Crippen MR) is 139 cm³/mol. The van der Waals surface area contributed by atoms with Gasteiger partial charge < -0.3 is 5.32 Å². The first-order valence-electron chi connectivity index (χ1n) is 10.8. The van der Waals surface area contributed by atoms with Crippen LogP contribution in [-0.4, -0.2) is 30.6 Å². The summed E-state index contributed by atoms with van der Waals surface area (Å²) >= 11 is 9.12. The summed E-state index contributed by atoms with van der Waals surface area (Å²) in [6.45, 7) is 0.293. The van der Waals surface area contributed by atoms with Crippen LogP contribution < -0.4 is 5.32 Å². The van der Waals surface area contributed by atoms with Crippen LogP contribution in [0.4, 0.5) is 4.39 Å². The number of pyridine rings is 1. The third kappa shape index (κ3) is 5.62. The van der Waals surface area contributed by atoms with Crippen LogP contribution in [0.1, 0.15) is 21.1 Å². The number of carbonyl (C=O) groups is 1. The molecule has 0 radical (unpaired) electrons. The van der Waals surface area contributed by atoms with Gasteiger partial charge in [-0.3, -0.25) is 14.3 Å². The largest absolute Gasteiger partial charge is 0.347 e. The molecule has 7 nitrogen and oxygen atoms in total. The number of carbonyl (C=O) groups excluding carboxylic acids is 1. The molecule has 0 aliphatic heterocycles. The van der Waals surface area contributed by atoms with Crippen LogP contribution >= 0.6 is 34.7 Å². The number of aromatic nitrogens is 5. The van der Waals surface area contributed by atoms with E-state index in [0.717, 1.165) is 21.8 Å². The fraction of sp³-hybridized carbons (Fsp3) is 0.0800. The number of hydrogen-bond acceptors (Lipinski definition) is 7. The van der Waals surface area contributed by atoms with Crippen LogP contribution in [0.25, 0.3) is 17.1 Å². The number of halogens is 2. The highest BCUT2D eigenvalue weighted by molar-refractivity contribution is 7.98. The maximum atomic E-state index is 13.1. The molecular formula is C25H18ClFN6OS2. The molecule has 1 amide bonds. The van der Waals surface area contributed by atoms with Gasteiger partial charge in [0.05, 0.1) is 11.4 Å². The summed E-state index contributed by atoms with van der Waals surface area (Å²) in [5, 5.41) is 15.4. The zero-order chi connectivity index (χ0) is 24.9. The van der Waals surface area contributed by atoms with E-state index < -0.39 is 0 Å². The third-order valence-electron chi connectivity index (χ3n) is 5.11. The van der Waals surface area contributed by atoms with Crippen LogP contribution in [0.5, 0.6) is 0 Å². The molecule has 5 rings (SSSR count). The topological polar surface area (TPSA) is 85.6 Å². The van der Waals surface area contributed by atoms with Crippen molar-refractivity contribution in [2.45, 2.75) is 17.5 Å². The molecule has 36 heavy (non-hydrogen) atoms. The lowest BCUT2D eigenvalue weighted by atomic mass is 10.2. The van der Waals surface area contributed by atoms with E-state index in [2.05, 4.69) is 25.5 Å². The van der Waals surface area contributed by atoms with Crippen molar-refractivity contribution in [2.24, 2.45) is 0 Å². The quantitative estimate of drug-likeness (QED) is 0.252. The van der Waals surface area contributed by atoms with Gasteiger partial charge in [-0.05, 0) is 48.0 Å². The van der Waals surface area contributed by atoms with Crippen molar-refractivity contribution in [1.82, 2.24) is 30.0 Å². The van der Waals surface area contributed by atoms with E-state index in [0.29, 0.717) is 34.0 Å². The molecule has 0 aliphatic rings. The van der Waals surface area contributed by atoms with Crippen LogP contribution in [-0.2, 0) is 12.3 Å². The lowest BCUT2D eigenvalue weighted by Gasteiger charge is -2.10. The molecule has 3 heterocycles. The first-order valence-corrected chi connectivity index (χ1v) is 13.0. The normalized spacial score (nSPS) is 10.9. The van der Waals surface area contributed by atoms with Crippen molar-refractivity contribution < 1.29 is 9.18 Å². The SMILES string of the molecule is O=C(NCc1ccc(F)cc1)c1csc(CSc2nnc(-c3ccncc3)n2-c2cccc(Cl)c2)n1. The van der Waals surface area contributed by atoms with Crippen molar-refractivity contribution in [1.29, 1.82) is 0 Å². The molecule has 5 aromatic rings. The summed E-state index contributed by atoms with van der Waals surface area (Å²) in [5.74, 6) is 0.576. The molecule has 0 bridgehead atoms. The molecule has 0 atom stereocenters. The van der Waals surface area contributed by atoms with Crippen molar-refractivity contribution in [3.8, 4) is 17.1 Å². The van der Waals surface area contributed by atoms with Crippen molar-refractivity contribution in [3.05, 3.63) is 106 Å². The number of nitrogens with one attached hydrogen (secondary N) is 1. The number of thioether (sulfide) groups is 1. The maximum Gasteiger partial charge on any atom is 0.271 e. The Kier molecular flexibility index (Phi) is 7.36. The molecule has 1 N–H and O–H groups in total. The number of amides is 1. The second kappa shape index (κ2) is 11.0. The van der Waals surface area contributed by atoms with E-state index in [4.69, 9.17) is 11.6 Å². The van der Waals surface area contributed by atoms with Gasteiger partial charge in [0.2, 0.25) is 0 Å². The lowest BCUT2D eigenvalue weighted by Crippen LogP contribution is -2.23. The Hall–Kier alpha value is -3.60. The minimum Gasteiger partial charge on any atom is -0.347 e. The van der Waals surface area contributed by atoms with Crippen molar-refractivity contribution in [3.63, 3.8) is 0 Å². The highest BCUT2D eigenvalue weighted by atomic mass is 35.5. The molecule has 0 saturated carbocycles. The van der Waals surface area contributed by atoms with Gasteiger partial charge in [0.1, 0.15) is 16.5 Å². The van der Waals surface area contributed by atoms with Gasteiger partial charge >= 0.3 is 0 Å². The molecular weight excluding hydrogens is 519 g/mol. The molecule has 0 fully saturated rings. The number of thiazole rings is 1. The summed E-state index contributed by atoms with van der Waals surface area (Å²) in [4.78, 5) is 21.1. The van der Waals surface area contributed by atoms with E-state index in [-0.39, 0.29) is 11.7 Å². The van der Waals surface area contributed by atoms with E-state index in [1.165, 1.54) is 35.2 Å². The van der Waals surface area contributed by atoms with Crippen molar-refractivity contribution >= 4 is 40.6 Å². The maximum absolute atomic E-state index is 13.1. The molecule has 2 aromatic carbocycles. The van der Waals surface area contributed by atoms with Crippen LogP contribution in [0, 0.1) is 5.82 Å². The molecule has 11 heteroatoms. The molecule has 0 aliphatic carbocycles. The molecule has 0 saturated heterocycles. The fourth-order valence-corrected chi connectivity index (χ4v) is 5.31.